The minimum absolute atomic E-state index is 0.158. The number of hydrogen-bond donors (Lipinski definition) is 1. The van der Waals surface area contributed by atoms with E-state index in [1.165, 1.54) is 5.70 Å². The Balaban J connectivity index is 4.09. The van der Waals surface area contributed by atoms with Gasteiger partial charge in [0.15, 0.2) is 0 Å². The Morgan fingerprint density at radius 3 is 2.27 bits per heavy atom. The molecule has 1 N–H and O–H groups in total. The Hall–Kier alpha value is -0.720. The fraction of sp³-hybridized carbons (Fsp3) is 0.600. The molecule has 0 aromatic heterocycles. The summed E-state index contributed by atoms with van der Waals surface area (Å²) < 4.78 is 0. The van der Waals surface area contributed by atoms with Gasteiger partial charge in [0.1, 0.15) is 0 Å². The highest BCUT2D eigenvalue weighted by Gasteiger charge is 2.08. The molecule has 0 heterocycles. The van der Waals surface area contributed by atoms with E-state index in [1.54, 1.807) is 0 Å². The van der Waals surface area contributed by atoms with E-state index in [9.17, 15) is 0 Å². The van der Waals surface area contributed by atoms with Crippen LogP contribution in [-0.4, -0.2) is 5.54 Å². The van der Waals surface area contributed by atoms with Crippen molar-refractivity contribution >= 4 is 0 Å². The van der Waals surface area contributed by atoms with E-state index >= 15 is 0 Å². The van der Waals surface area contributed by atoms with Gasteiger partial charge in [-0.15, -0.1) is 0 Å². The van der Waals surface area contributed by atoms with Gasteiger partial charge in [0.2, 0.25) is 0 Å². The average molecular weight is 153 g/mol. The predicted octanol–water partition coefficient (Wildman–Crippen LogP) is 2.85. The smallest absolute Gasteiger partial charge is 0.0286 e. The molecule has 11 heavy (non-hydrogen) atoms. The van der Waals surface area contributed by atoms with Gasteiger partial charge in [-0.2, -0.15) is 0 Å². The third kappa shape index (κ3) is 5.71. The van der Waals surface area contributed by atoms with Gasteiger partial charge in [0, 0.05) is 11.2 Å². The molecular formula is C10H19N. The van der Waals surface area contributed by atoms with Gasteiger partial charge < -0.3 is 5.32 Å². The molecule has 64 valence electrons. The summed E-state index contributed by atoms with van der Waals surface area (Å²) in [6, 6.07) is 0. The molecule has 0 spiro atoms. The van der Waals surface area contributed by atoms with Crippen LogP contribution in [0.2, 0.25) is 0 Å². The quantitative estimate of drug-likeness (QED) is 0.615. The number of rotatable bonds is 3. The van der Waals surface area contributed by atoms with Crippen LogP contribution in [0, 0.1) is 0 Å². The molecule has 0 saturated carbocycles. The van der Waals surface area contributed by atoms with Crippen LogP contribution in [0.4, 0.5) is 0 Å². The van der Waals surface area contributed by atoms with Crippen molar-refractivity contribution in [1.82, 2.24) is 5.32 Å². The van der Waals surface area contributed by atoms with Crippen molar-refractivity contribution in [2.24, 2.45) is 0 Å². The average Bonchev–Trinajstić information content (AvgIpc) is 1.84. The molecule has 0 radical (unpaired) electrons. The summed E-state index contributed by atoms with van der Waals surface area (Å²) in [5, 5.41) is 3.40. The van der Waals surface area contributed by atoms with E-state index in [1.807, 2.05) is 12.2 Å². The Morgan fingerprint density at radius 2 is 2.00 bits per heavy atom. The first-order chi connectivity index (χ1) is 4.99. The fourth-order valence-electron chi connectivity index (χ4n) is 0.872. The van der Waals surface area contributed by atoms with Crippen molar-refractivity contribution in [2.75, 3.05) is 0 Å². The van der Waals surface area contributed by atoms with Gasteiger partial charge in [-0.1, -0.05) is 19.6 Å². The molecule has 0 fully saturated rings. The molecule has 0 amide bonds. The summed E-state index contributed by atoms with van der Waals surface area (Å²) in [7, 11) is 0. The van der Waals surface area contributed by atoms with Crippen LogP contribution >= 0.6 is 0 Å². The lowest BCUT2D eigenvalue weighted by molar-refractivity contribution is 0.466. The second-order valence-electron chi connectivity index (χ2n) is 3.66. The molecule has 0 unspecified atom stereocenters. The van der Waals surface area contributed by atoms with Crippen molar-refractivity contribution in [2.45, 2.75) is 39.7 Å². The predicted molar refractivity (Wildman–Crippen MR) is 51.5 cm³/mol. The lowest BCUT2D eigenvalue weighted by atomic mass is 10.1. The zero-order valence-electron chi connectivity index (χ0n) is 8.07. The molecule has 1 nitrogen and oxygen atoms in total. The monoisotopic (exact) mass is 153 g/mol. The third-order valence-electron chi connectivity index (χ3n) is 1.24. The van der Waals surface area contributed by atoms with Gasteiger partial charge in [0.05, 0.1) is 0 Å². The van der Waals surface area contributed by atoms with Gasteiger partial charge >= 0.3 is 0 Å². The van der Waals surface area contributed by atoms with Crippen LogP contribution in [0.3, 0.4) is 0 Å². The van der Waals surface area contributed by atoms with Crippen molar-refractivity contribution in [3.8, 4) is 0 Å². The van der Waals surface area contributed by atoms with E-state index in [0.717, 1.165) is 6.42 Å². The summed E-state index contributed by atoms with van der Waals surface area (Å²) in [6.45, 7) is 12.3. The minimum Gasteiger partial charge on any atom is -0.384 e. The molecular weight excluding hydrogens is 134 g/mol. The first-order valence-corrected chi connectivity index (χ1v) is 4.09. The molecule has 0 saturated heterocycles. The highest BCUT2D eigenvalue weighted by atomic mass is 15.0. The van der Waals surface area contributed by atoms with Crippen LogP contribution in [0.5, 0.6) is 0 Å². The Labute approximate surface area is 70.2 Å². The van der Waals surface area contributed by atoms with Crippen molar-refractivity contribution in [3.05, 3.63) is 24.4 Å². The molecule has 0 rings (SSSR count). The molecule has 1 heteroatoms. The molecule has 0 aromatic rings. The highest BCUT2D eigenvalue weighted by Crippen LogP contribution is 2.05. The summed E-state index contributed by atoms with van der Waals surface area (Å²) >= 11 is 0. The van der Waals surface area contributed by atoms with Crippen LogP contribution in [0.25, 0.3) is 0 Å². The van der Waals surface area contributed by atoms with Gasteiger partial charge in [-0.3, -0.25) is 0 Å². The topological polar surface area (TPSA) is 12.0 Å². The summed E-state index contributed by atoms with van der Waals surface area (Å²) in [4.78, 5) is 0. The second kappa shape index (κ2) is 4.22. The van der Waals surface area contributed by atoms with Crippen LogP contribution in [0.1, 0.15) is 34.1 Å². The second-order valence-corrected chi connectivity index (χ2v) is 3.66. The molecule has 0 aromatic carbocycles. The minimum atomic E-state index is 0.158. The first-order valence-electron chi connectivity index (χ1n) is 4.09. The van der Waals surface area contributed by atoms with E-state index in [0.29, 0.717) is 0 Å². The summed E-state index contributed by atoms with van der Waals surface area (Å²) in [6.07, 6.45) is 4.87. The number of allylic oxidation sites excluding steroid dienone is 3. The Morgan fingerprint density at radius 1 is 1.45 bits per heavy atom. The summed E-state index contributed by atoms with van der Waals surface area (Å²) in [5.74, 6) is 0. The lowest BCUT2D eigenvalue weighted by Gasteiger charge is -2.23. The maximum atomic E-state index is 3.66. The molecule has 0 aliphatic heterocycles. The SMILES string of the molecule is C=C/C=C(\CC)NC(C)(C)C. The zero-order valence-corrected chi connectivity index (χ0v) is 8.07. The standard InChI is InChI=1S/C10H19N/c1-6-8-9(7-2)11-10(3,4)5/h6,8,11H,1,7H2,2-5H3/b9-8+. The van der Waals surface area contributed by atoms with Gasteiger partial charge in [-0.25, -0.2) is 0 Å². The zero-order chi connectivity index (χ0) is 8.91. The third-order valence-corrected chi connectivity index (χ3v) is 1.24. The highest BCUT2D eigenvalue weighted by molar-refractivity contribution is 5.09. The molecule has 0 atom stereocenters. The normalized spacial score (nSPS) is 12.9. The van der Waals surface area contributed by atoms with E-state index in [2.05, 4.69) is 39.6 Å². The molecule has 0 bridgehead atoms. The van der Waals surface area contributed by atoms with E-state index in [-0.39, 0.29) is 5.54 Å². The van der Waals surface area contributed by atoms with E-state index in [4.69, 9.17) is 0 Å². The van der Waals surface area contributed by atoms with Crippen molar-refractivity contribution in [1.29, 1.82) is 0 Å². The van der Waals surface area contributed by atoms with Crippen LogP contribution < -0.4 is 5.32 Å². The number of hydrogen-bond acceptors (Lipinski definition) is 1. The van der Waals surface area contributed by atoms with Crippen molar-refractivity contribution in [3.63, 3.8) is 0 Å². The van der Waals surface area contributed by atoms with Crippen LogP contribution in [0.15, 0.2) is 24.4 Å². The van der Waals surface area contributed by atoms with Gasteiger partial charge in [0.25, 0.3) is 0 Å². The Bertz CT molecular complexity index is 149. The van der Waals surface area contributed by atoms with Crippen LogP contribution in [-0.2, 0) is 0 Å². The molecule has 0 aliphatic carbocycles. The maximum absolute atomic E-state index is 3.66. The number of nitrogens with one attached hydrogen (secondary N) is 1. The van der Waals surface area contributed by atoms with Gasteiger partial charge in [-0.05, 0) is 33.3 Å². The first kappa shape index (κ1) is 10.3. The van der Waals surface area contributed by atoms with E-state index < -0.39 is 0 Å². The summed E-state index contributed by atoms with van der Waals surface area (Å²) in [5.41, 5.74) is 1.40. The Kier molecular flexibility index (Phi) is 3.94. The molecule has 0 aliphatic rings. The van der Waals surface area contributed by atoms with Crippen molar-refractivity contribution < 1.29 is 0 Å². The fourth-order valence-corrected chi connectivity index (χ4v) is 0.872. The largest absolute Gasteiger partial charge is 0.384 e. The lowest BCUT2D eigenvalue weighted by Crippen LogP contribution is -2.34. The maximum Gasteiger partial charge on any atom is 0.0286 e.